The number of anilines is 1. The van der Waals surface area contributed by atoms with Crippen molar-refractivity contribution in [1.29, 1.82) is 0 Å². The largest absolute Gasteiger partial charge is 0.351 e. The Labute approximate surface area is 177 Å². The zero-order valence-corrected chi connectivity index (χ0v) is 17.7. The molecule has 168 valence electrons. The number of halogens is 2. The van der Waals surface area contributed by atoms with Crippen LogP contribution in [0.1, 0.15) is 50.1 Å². The van der Waals surface area contributed by atoms with Gasteiger partial charge in [0.25, 0.3) is 12.0 Å². The Hall–Kier alpha value is -2.47. The maximum absolute atomic E-state index is 13.4. The van der Waals surface area contributed by atoms with Crippen LogP contribution in [0.4, 0.5) is 14.7 Å². The molecule has 9 nitrogen and oxygen atoms in total. The van der Waals surface area contributed by atoms with E-state index in [1.807, 2.05) is 0 Å². The Morgan fingerprint density at radius 3 is 2.48 bits per heavy atom. The lowest BCUT2D eigenvalue weighted by atomic mass is 10.1. The highest BCUT2D eigenvalue weighted by Gasteiger charge is 2.31. The van der Waals surface area contributed by atoms with Gasteiger partial charge in [-0.2, -0.15) is 4.98 Å². The Bertz CT molecular complexity index is 1180. The quantitative estimate of drug-likeness (QED) is 0.732. The van der Waals surface area contributed by atoms with Crippen LogP contribution in [-0.4, -0.2) is 58.4 Å². The number of sulfonamides is 1. The highest BCUT2D eigenvalue weighted by molar-refractivity contribution is 7.88. The molecule has 1 N–H and O–H groups in total. The van der Waals surface area contributed by atoms with Crippen LogP contribution in [0.3, 0.4) is 0 Å². The molecule has 2 fully saturated rings. The summed E-state index contributed by atoms with van der Waals surface area (Å²) in [5, 5.41) is 3.40. The lowest BCUT2D eigenvalue weighted by Crippen LogP contribution is -2.42. The molecule has 0 bridgehead atoms. The molecule has 0 radical (unpaired) electrons. The van der Waals surface area contributed by atoms with Crippen LogP contribution in [-0.2, 0) is 14.8 Å². The van der Waals surface area contributed by atoms with Crippen molar-refractivity contribution in [3.05, 3.63) is 28.2 Å². The fourth-order valence-corrected chi connectivity index (χ4v) is 5.12. The predicted molar refractivity (Wildman–Crippen MR) is 110 cm³/mol. The van der Waals surface area contributed by atoms with Gasteiger partial charge in [0, 0.05) is 37.1 Å². The van der Waals surface area contributed by atoms with Crippen LogP contribution < -0.4 is 10.9 Å². The van der Waals surface area contributed by atoms with E-state index in [1.165, 1.54) is 16.8 Å². The van der Waals surface area contributed by atoms with Gasteiger partial charge < -0.3 is 5.32 Å². The molecule has 1 saturated carbocycles. The van der Waals surface area contributed by atoms with E-state index in [0.29, 0.717) is 45.2 Å². The van der Waals surface area contributed by atoms with Crippen LogP contribution in [0, 0.1) is 0 Å². The van der Waals surface area contributed by atoms with Crippen molar-refractivity contribution in [2.45, 2.75) is 50.6 Å². The maximum Gasteiger partial charge on any atom is 0.269 e. The molecule has 3 heterocycles. The molecule has 31 heavy (non-hydrogen) atoms. The third-order valence-electron chi connectivity index (χ3n) is 5.88. The van der Waals surface area contributed by atoms with E-state index >= 15 is 0 Å². The van der Waals surface area contributed by atoms with Gasteiger partial charge in [-0.1, -0.05) is 0 Å². The van der Waals surface area contributed by atoms with Gasteiger partial charge >= 0.3 is 0 Å². The number of carbonyl (C=O) groups excluding carboxylic acids is 1. The average Bonchev–Trinajstić information content (AvgIpc) is 3.12. The van der Waals surface area contributed by atoms with Crippen LogP contribution in [0.25, 0.3) is 11.0 Å². The monoisotopic (exact) mass is 455 g/mol. The fraction of sp³-hybridized carbons (Fsp3) is 0.579. The number of fused-ring (bicyclic) bond motifs is 1. The van der Waals surface area contributed by atoms with Crippen molar-refractivity contribution in [3.63, 3.8) is 0 Å². The number of carbonyl (C=O) groups is 1. The average molecular weight is 455 g/mol. The van der Waals surface area contributed by atoms with E-state index in [9.17, 15) is 26.8 Å². The summed E-state index contributed by atoms with van der Waals surface area (Å²) in [4.78, 5) is 33.7. The van der Waals surface area contributed by atoms with Crippen molar-refractivity contribution in [2.75, 3.05) is 24.7 Å². The molecule has 1 aliphatic carbocycles. The van der Waals surface area contributed by atoms with Gasteiger partial charge in [-0.3, -0.25) is 14.2 Å². The second kappa shape index (κ2) is 8.23. The minimum Gasteiger partial charge on any atom is -0.351 e. The molecular formula is C19H23F2N5O4S. The third kappa shape index (κ3) is 4.31. The molecule has 2 aromatic rings. The van der Waals surface area contributed by atoms with Crippen LogP contribution in [0.5, 0.6) is 0 Å². The third-order valence-corrected chi connectivity index (χ3v) is 7.18. The van der Waals surface area contributed by atoms with Crippen molar-refractivity contribution in [2.24, 2.45) is 0 Å². The minimum atomic E-state index is -3.24. The number of Topliss-reactive ketones (excluding diaryl/α,β-unsaturated/α-hetero) is 1. The number of nitrogens with one attached hydrogen (secondary N) is 1. The Balaban J connectivity index is 1.68. The molecule has 2 aliphatic rings. The predicted octanol–water partition coefficient (Wildman–Crippen LogP) is 1.86. The molecule has 1 unspecified atom stereocenters. The molecule has 1 aliphatic heterocycles. The van der Waals surface area contributed by atoms with Gasteiger partial charge in [0.2, 0.25) is 16.0 Å². The molecule has 12 heteroatoms. The van der Waals surface area contributed by atoms with Gasteiger partial charge in [-0.15, -0.1) is 0 Å². The number of ketones is 1. The number of aromatic nitrogens is 3. The Kier molecular flexibility index (Phi) is 5.77. The van der Waals surface area contributed by atoms with Crippen LogP contribution >= 0.6 is 0 Å². The molecule has 2 aromatic heterocycles. The van der Waals surface area contributed by atoms with E-state index in [0.717, 1.165) is 10.6 Å². The van der Waals surface area contributed by atoms with Gasteiger partial charge in [0.1, 0.15) is 5.65 Å². The first kappa shape index (κ1) is 21.8. The summed E-state index contributed by atoms with van der Waals surface area (Å²) in [6.45, 7) is 0.728. The molecule has 4 rings (SSSR count). The Morgan fingerprint density at radius 2 is 1.90 bits per heavy atom. The maximum atomic E-state index is 13.4. The summed E-state index contributed by atoms with van der Waals surface area (Å²) in [7, 11) is -3.24. The summed E-state index contributed by atoms with van der Waals surface area (Å²) >= 11 is 0. The van der Waals surface area contributed by atoms with Crippen molar-refractivity contribution in [3.8, 4) is 0 Å². The lowest BCUT2D eigenvalue weighted by Gasteiger charge is -2.30. The van der Waals surface area contributed by atoms with Crippen LogP contribution in [0.15, 0.2) is 17.1 Å². The molecule has 1 atom stereocenters. The highest BCUT2D eigenvalue weighted by Crippen LogP contribution is 2.29. The highest BCUT2D eigenvalue weighted by atomic mass is 32.2. The smallest absolute Gasteiger partial charge is 0.269 e. The molecule has 0 aromatic carbocycles. The molecule has 0 spiro atoms. The summed E-state index contributed by atoms with van der Waals surface area (Å²) < 4.78 is 52.7. The van der Waals surface area contributed by atoms with Crippen molar-refractivity contribution >= 4 is 32.8 Å². The van der Waals surface area contributed by atoms with Gasteiger partial charge in [-0.05, 0) is 31.7 Å². The topological polar surface area (TPSA) is 114 Å². The zero-order valence-electron chi connectivity index (χ0n) is 16.9. The standard InChI is InChI=1S/C19H23F2N5O4S/c1-31(29,30)25-7-5-12(6-8-25)23-19-22-10-11-9-13(16(20)21)18(28)26(17(11)24-19)14-3-2-4-15(14)27/h9-10,12,14,16H,2-8H2,1H3,(H,22,23,24). The fourth-order valence-electron chi connectivity index (χ4n) is 4.24. The first-order chi connectivity index (χ1) is 14.6. The summed E-state index contributed by atoms with van der Waals surface area (Å²) in [6, 6.07) is 0.186. The first-order valence-electron chi connectivity index (χ1n) is 10.1. The normalized spacial score (nSPS) is 21.3. The number of nitrogens with zero attached hydrogens (tertiary/aromatic N) is 4. The van der Waals surface area contributed by atoms with E-state index in [1.54, 1.807) is 0 Å². The second-order valence-electron chi connectivity index (χ2n) is 8.00. The van der Waals surface area contributed by atoms with E-state index in [2.05, 4.69) is 15.3 Å². The molecule has 0 amide bonds. The molecular weight excluding hydrogens is 432 g/mol. The summed E-state index contributed by atoms with van der Waals surface area (Å²) in [6.07, 6.45) is 1.94. The van der Waals surface area contributed by atoms with E-state index in [4.69, 9.17) is 0 Å². The summed E-state index contributed by atoms with van der Waals surface area (Å²) in [5.41, 5.74) is -1.45. The van der Waals surface area contributed by atoms with Crippen LogP contribution in [0.2, 0.25) is 0 Å². The van der Waals surface area contributed by atoms with Gasteiger partial charge in [0.15, 0.2) is 5.78 Å². The first-order valence-corrected chi connectivity index (χ1v) is 11.9. The SMILES string of the molecule is CS(=O)(=O)N1CCC(Nc2ncc3cc(C(F)F)c(=O)n(C4CCCC4=O)c3n2)CC1. The zero-order chi connectivity index (χ0) is 22.3. The Morgan fingerprint density at radius 1 is 1.19 bits per heavy atom. The minimum absolute atomic E-state index is 0.0796. The number of rotatable bonds is 5. The number of pyridine rings is 1. The van der Waals surface area contributed by atoms with E-state index in [-0.39, 0.29) is 28.8 Å². The number of alkyl halides is 2. The van der Waals surface area contributed by atoms with Crippen molar-refractivity contribution < 1.29 is 22.0 Å². The second-order valence-corrected chi connectivity index (χ2v) is 9.99. The number of hydrogen-bond acceptors (Lipinski definition) is 7. The lowest BCUT2D eigenvalue weighted by molar-refractivity contribution is -0.120. The van der Waals surface area contributed by atoms with E-state index < -0.39 is 33.6 Å². The molecule has 1 saturated heterocycles. The van der Waals surface area contributed by atoms with Gasteiger partial charge in [0.05, 0.1) is 17.9 Å². The number of hydrogen-bond donors (Lipinski definition) is 1. The summed E-state index contributed by atoms with van der Waals surface area (Å²) in [5.74, 6) is 0.0322. The van der Waals surface area contributed by atoms with Gasteiger partial charge in [-0.25, -0.2) is 26.5 Å². The number of piperidine rings is 1. The van der Waals surface area contributed by atoms with Crippen molar-refractivity contribution in [1.82, 2.24) is 18.8 Å².